The highest BCUT2D eigenvalue weighted by Crippen LogP contribution is 2.65. The second kappa shape index (κ2) is 7.11. The Balaban J connectivity index is 0.00000204. The number of carbonyl (C=O) groups excluding carboxylic acids is 1. The molecule has 31 heavy (non-hydrogen) atoms. The van der Waals surface area contributed by atoms with Gasteiger partial charge >= 0.3 is 0 Å². The van der Waals surface area contributed by atoms with Crippen molar-refractivity contribution in [2.75, 3.05) is 13.6 Å². The number of likely N-dealkylation sites (tertiary alicyclic amines) is 1. The number of phenolic OH excluding ortho intramolecular Hbond substituents is 1. The molecule has 0 aromatic heterocycles. The summed E-state index contributed by atoms with van der Waals surface area (Å²) in [6.07, 6.45) is 2.09. The van der Waals surface area contributed by atoms with Crippen molar-refractivity contribution in [3.8, 4) is 11.5 Å². The molecule has 2 heterocycles. The fourth-order valence-electron chi connectivity index (χ4n) is 6.64. The SMILES string of the molecule is CN1CC[C@]23c4c5ccc(O)c4O[C@H]2C(=O)CC[C@@]3(OCc2cccc(Cl)c2)[C@H]1C5.Cl. The summed E-state index contributed by atoms with van der Waals surface area (Å²) in [6, 6.07) is 11.6. The highest BCUT2D eigenvalue weighted by Gasteiger charge is 2.73. The van der Waals surface area contributed by atoms with Gasteiger partial charge in [0, 0.05) is 23.0 Å². The Morgan fingerprint density at radius 1 is 1.29 bits per heavy atom. The zero-order valence-electron chi connectivity index (χ0n) is 17.3. The number of piperidine rings is 1. The third-order valence-electron chi connectivity index (χ3n) is 7.87. The molecule has 1 saturated heterocycles. The molecule has 1 saturated carbocycles. The monoisotopic (exact) mass is 461 g/mol. The molecule has 2 fully saturated rings. The van der Waals surface area contributed by atoms with Crippen LogP contribution in [-0.2, 0) is 28.0 Å². The van der Waals surface area contributed by atoms with Crippen LogP contribution in [0.15, 0.2) is 36.4 Å². The molecule has 0 unspecified atom stereocenters. The number of ether oxygens (including phenoxy) is 2. The maximum absolute atomic E-state index is 13.1. The van der Waals surface area contributed by atoms with Crippen LogP contribution in [0.1, 0.15) is 36.0 Å². The van der Waals surface area contributed by atoms with Crippen molar-refractivity contribution in [1.29, 1.82) is 0 Å². The van der Waals surface area contributed by atoms with E-state index in [1.54, 1.807) is 6.07 Å². The number of halogens is 2. The maximum Gasteiger partial charge on any atom is 0.174 e. The lowest BCUT2D eigenvalue weighted by Crippen LogP contribution is -2.76. The quantitative estimate of drug-likeness (QED) is 0.746. The van der Waals surface area contributed by atoms with E-state index in [0.717, 1.165) is 30.5 Å². The van der Waals surface area contributed by atoms with Crippen LogP contribution >= 0.6 is 24.0 Å². The lowest BCUT2D eigenvalue weighted by molar-refractivity contribution is -0.215. The summed E-state index contributed by atoms with van der Waals surface area (Å²) in [5, 5.41) is 11.3. The molecule has 2 aliphatic carbocycles. The number of hydrogen-bond donors (Lipinski definition) is 1. The first-order valence-corrected chi connectivity index (χ1v) is 11.0. The number of ketones is 1. The van der Waals surface area contributed by atoms with Crippen molar-refractivity contribution in [2.24, 2.45) is 0 Å². The molecule has 0 radical (unpaired) electrons. The van der Waals surface area contributed by atoms with E-state index in [2.05, 4.69) is 11.9 Å². The predicted molar refractivity (Wildman–Crippen MR) is 119 cm³/mol. The molecular weight excluding hydrogens is 437 g/mol. The van der Waals surface area contributed by atoms with Crippen LogP contribution in [0.25, 0.3) is 0 Å². The van der Waals surface area contributed by atoms with Gasteiger partial charge in [-0.3, -0.25) is 4.79 Å². The smallest absolute Gasteiger partial charge is 0.174 e. The molecule has 5 nitrogen and oxygen atoms in total. The molecule has 2 bridgehead atoms. The van der Waals surface area contributed by atoms with Crippen molar-refractivity contribution in [3.63, 3.8) is 0 Å². The standard InChI is InChI=1S/C24H24ClNO4.ClH/c1-26-10-9-23-20-15-5-6-17(27)21(20)30-22(23)18(28)7-8-24(23,19(26)12-15)29-13-14-3-2-4-16(25)11-14;/h2-6,11,19,22,27H,7-10,12-13H2,1H3;1H/t19-,22+,23+,24-;/m1./s1. The third-order valence-corrected chi connectivity index (χ3v) is 8.11. The minimum atomic E-state index is -0.593. The Morgan fingerprint density at radius 3 is 2.94 bits per heavy atom. The van der Waals surface area contributed by atoms with Crippen LogP contribution in [0.2, 0.25) is 5.02 Å². The van der Waals surface area contributed by atoms with Crippen LogP contribution in [0, 0.1) is 0 Å². The molecule has 7 heteroatoms. The Morgan fingerprint density at radius 2 is 2.13 bits per heavy atom. The van der Waals surface area contributed by atoms with E-state index >= 15 is 0 Å². The minimum Gasteiger partial charge on any atom is -0.504 e. The molecule has 1 N–H and O–H groups in total. The van der Waals surface area contributed by atoms with Gasteiger partial charge in [0.05, 0.1) is 17.6 Å². The number of likely N-dealkylation sites (N-methyl/N-ethyl adjacent to an activating group) is 1. The number of rotatable bonds is 3. The molecule has 4 aliphatic rings. The maximum atomic E-state index is 13.1. The first-order valence-electron chi connectivity index (χ1n) is 10.6. The van der Waals surface area contributed by atoms with Gasteiger partial charge < -0.3 is 19.5 Å². The fraction of sp³-hybridized carbons (Fsp3) is 0.458. The fourth-order valence-corrected chi connectivity index (χ4v) is 6.85. The van der Waals surface area contributed by atoms with E-state index < -0.39 is 17.1 Å². The summed E-state index contributed by atoms with van der Waals surface area (Å²) in [5.74, 6) is 0.724. The zero-order valence-corrected chi connectivity index (χ0v) is 18.8. The lowest BCUT2D eigenvalue weighted by Gasteiger charge is -2.64. The molecule has 0 amide bonds. The average molecular weight is 462 g/mol. The van der Waals surface area contributed by atoms with Crippen molar-refractivity contribution in [1.82, 2.24) is 4.90 Å². The van der Waals surface area contributed by atoms with Crippen molar-refractivity contribution in [3.05, 3.63) is 58.1 Å². The van der Waals surface area contributed by atoms with Gasteiger partial charge in [-0.25, -0.2) is 0 Å². The van der Waals surface area contributed by atoms with Gasteiger partial charge in [0.15, 0.2) is 23.4 Å². The summed E-state index contributed by atoms with van der Waals surface area (Å²) in [4.78, 5) is 15.5. The summed E-state index contributed by atoms with van der Waals surface area (Å²) < 4.78 is 13.1. The first kappa shape index (κ1) is 21.1. The van der Waals surface area contributed by atoms with E-state index in [9.17, 15) is 9.90 Å². The highest BCUT2D eigenvalue weighted by molar-refractivity contribution is 6.30. The number of benzene rings is 2. The van der Waals surface area contributed by atoms with E-state index in [-0.39, 0.29) is 30.0 Å². The first-order chi connectivity index (χ1) is 14.5. The summed E-state index contributed by atoms with van der Waals surface area (Å²) in [6.45, 7) is 1.30. The number of aromatic hydroxyl groups is 1. The normalized spacial score (nSPS) is 32.8. The number of carbonyl (C=O) groups is 1. The van der Waals surface area contributed by atoms with Gasteiger partial charge in [-0.15, -0.1) is 12.4 Å². The van der Waals surface area contributed by atoms with Gasteiger partial charge in [0.2, 0.25) is 0 Å². The van der Waals surface area contributed by atoms with E-state index in [4.69, 9.17) is 21.1 Å². The topological polar surface area (TPSA) is 59.0 Å². The number of hydrogen-bond acceptors (Lipinski definition) is 5. The van der Waals surface area contributed by atoms with E-state index in [1.807, 2.05) is 30.3 Å². The number of nitrogens with zero attached hydrogens (tertiary/aromatic N) is 1. The highest BCUT2D eigenvalue weighted by atomic mass is 35.5. The van der Waals surface area contributed by atoms with E-state index in [1.165, 1.54) is 5.56 Å². The summed E-state index contributed by atoms with van der Waals surface area (Å²) in [7, 11) is 2.15. The molecule has 2 aliphatic heterocycles. The predicted octanol–water partition coefficient (Wildman–Crippen LogP) is 4.04. The average Bonchev–Trinajstić information content (AvgIpc) is 3.09. The minimum absolute atomic E-state index is 0. The Bertz CT molecular complexity index is 1080. The Labute approximate surface area is 192 Å². The second-order valence-electron chi connectivity index (χ2n) is 9.14. The summed E-state index contributed by atoms with van der Waals surface area (Å²) in [5.41, 5.74) is 2.09. The zero-order chi connectivity index (χ0) is 20.7. The van der Waals surface area contributed by atoms with Crippen LogP contribution in [0.3, 0.4) is 0 Å². The number of phenols is 1. The van der Waals surface area contributed by atoms with Gasteiger partial charge in [0.25, 0.3) is 0 Å². The third kappa shape index (κ3) is 2.61. The van der Waals surface area contributed by atoms with Crippen LogP contribution in [0.4, 0.5) is 0 Å². The molecule has 1 spiro atoms. The molecule has 2 aromatic carbocycles. The van der Waals surface area contributed by atoms with Gasteiger partial charge in [0.1, 0.15) is 0 Å². The lowest BCUT2D eigenvalue weighted by atomic mass is 9.49. The van der Waals surface area contributed by atoms with Gasteiger partial charge in [-0.05, 0) is 62.2 Å². The van der Waals surface area contributed by atoms with E-state index in [0.29, 0.717) is 30.2 Å². The Kier molecular flexibility index (Phi) is 4.83. The van der Waals surface area contributed by atoms with Crippen LogP contribution in [-0.4, -0.2) is 47.1 Å². The van der Waals surface area contributed by atoms with Gasteiger partial charge in [-0.1, -0.05) is 29.8 Å². The Hall–Kier alpha value is -1.79. The van der Waals surface area contributed by atoms with Crippen LogP contribution < -0.4 is 4.74 Å². The van der Waals surface area contributed by atoms with Crippen molar-refractivity contribution in [2.45, 2.75) is 55.5 Å². The molecule has 6 rings (SSSR count). The largest absolute Gasteiger partial charge is 0.504 e. The van der Waals surface area contributed by atoms with Crippen molar-refractivity contribution < 1.29 is 19.4 Å². The van der Waals surface area contributed by atoms with Crippen molar-refractivity contribution >= 4 is 29.8 Å². The van der Waals surface area contributed by atoms with Gasteiger partial charge in [-0.2, -0.15) is 0 Å². The van der Waals surface area contributed by atoms with Crippen LogP contribution in [0.5, 0.6) is 11.5 Å². The molecule has 4 atom stereocenters. The molecule has 2 aromatic rings. The molecular formula is C24H25Cl2NO4. The second-order valence-corrected chi connectivity index (χ2v) is 9.58. The summed E-state index contributed by atoms with van der Waals surface area (Å²) >= 11 is 6.20. The number of Topliss-reactive ketones (excluding diaryl/α,β-unsaturated/α-hetero) is 1. The molecule has 164 valence electrons.